The average molecular weight is 239 g/mol. The largest absolute Gasteiger partial charge is 0.380 e. The van der Waals surface area contributed by atoms with Crippen LogP contribution < -0.4 is 5.32 Å². The van der Waals surface area contributed by atoms with E-state index in [1.54, 1.807) is 0 Å². The second kappa shape index (κ2) is 6.77. The third kappa shape index (κ3) is 4.48. The fourth-order valence-corrected chi connectivity index (χ4v) is 1.75. The van der Waals surface area contributed by atoms with Gasteiger partial charge in [-0.2, -0.15) is 5.10 Å². The zero-order valence-corrected chi connectivity index (χ0v) is 11.7. The smallest absolute Gasteiger partial charge is 0.0641 e. The van der Waals surface area contributed by atoms with Gasteiger partial charge in [0.15, 0.2) is 0 Å². The second-order valence-electron chi connectivity index (χ2n) is 4.92. The highest BCUT2D eigenvalue weighted by Crippen LogP contribution is 2.10. The summed E-state index contributed by atoms with van der Waals surface area (Å²) in [5, 5.41) is 7.79. The number of aryl methyl sites for hydroxylation is 2. The maximum Gasteiger partial charge on any atom is 0.0641 e. The molecule has 0 aliphatic carbocycles. The first-order valence-electron chi connectivity index (χ1n) is 6.30. The van der Waals surface area contributed by atoms with Crippen molar-refractivity contribution in [1.82, 2.24) is 15.1 Å². The summed E-state index contributed by atoms with van der Waals surface area (Å²) < 4.78 is 7.45. The zero-order chi connectivity index (χ0) is 12.8. The maximum atomic E-state index is 5.52. The van der Waals surface area contributed by atoms with Crippen LogP contribution in [0.1, 0.15) is 30.8 Å². The first-order chi connectivity index (χ1) is 8.02. The predicted octanol–water partition coefficient (Wildman–Crippen LogP) is 1.80. The molecule has 0 aliphatic heterocycles. The Morgan fingerprint density at radius 3 is 2.59 bits per heavy atom. The van der Waals surface area contributed by atoms with E-state index in [9.17, 15) is 0 Å². The molecule has 0 fully saturated rings. The van der Waals surface area contributed by atoms with Crippen LogP contribution >= 0.6 is 0 Å². The summed E-state index contributed by atoms with van der Waals surface area (Å²) >= 11 is 0. The molecule has 0 spiro atoms. The van der Waals surface area contributed by atoms with Crippen molar-refractivity contribution < 1.29 is 4.74 Å². The van der Waals surface area contributed by atoms with Crippen LogP contribution in [0.2, 0.25) is 0 Å². The minimum Gasteiger partial charge on any atom is -0.380 e. The highest BCUT2D eigenvalue weighted by Gasteiger charge is 2.07. The summed E-state index contributed by atoms with van der Waals surface area (Å²) in [6.45, 7) is 11.9. The van der Waals surface area contributed by atoms with E-state index in [-0.39, 0.29) is 0 Å². The molecule has 0 unspecified atom stereocenters. The molecule has 1 aromatic rings. The molecule has 1 aromatic heterocycles. The van der Waals surface area contributed by atoms with Gasteiger partial charge < -0.3 is 10.1 Å². The van der Waals surface area contributed by atoms with Gasteiger partial charge in [-0.25, -0.2) is 0 Å². The fourth-order valence-electron chi connectivity index (χ4n) is 1.75. The molecule has 0 saturated carbocycles. The van der Waals surface area contributed by atoms with E-state index in [1.807, 2.05) is 11.7 Å². The molecule has 4 nitrogen and oxygen atoms in total. The van der Waals surface area contributed by atoms with E-state index >= 15 is 0 Å². The van der Waals surface area contributed by atoms with E-state index in [0.29, 0.717) is 5.92 Å². The van der Waals surface area contributed by atoms with Crippen molar-refractivity contribution in [2.75, 3.05) is 19.8 Å². The Morgan fingerprint density at radius 1 is 1.35 bits per heavy atom. The van der Waals surface area contributed by atoms with Gasteiger partial charge in [0.1, 0.15) is 0 Å². The Morgan fingerprint density at radius 2 is 2.06 bits per heavy atom. The van der Waals surface area contributed by atoms with Crippen LogP contribution in [0.4, 0.5) is 0 Å². The predicted molar refractivity (Wildman–Crippen MR) is 70.0 cm³/mol. The molecular weight excluding hydrogens is 214 g/mol. The van der Waals surface area contributed by atoms with Crippen molar-refractivity contribution in [2.45, 2.75) is 34.2 Å². The van der Waals surface area contributed by atoms with E-state index < -0.39 is 0 Å². The lowest BCUT2D eigenvalue weighted by Gasteiger charge is -2.08. The Labute approximate surface area is 104 Å². The van der Waals surface area contributed by atoms with Crippen LogP contribution in [0.3, 0.4) is 0 Å². The SMILES string of the molecule is Cc1nn(C)c(C)c1CNCCOCC(C)C. The number of hydrogen-bond acceptors (Lipinski definition) is 3. The molecule has 1 heterocycles. The molecule has 0 atom stereocenters. The lowest BCUT2D eigenvalue weighted by atomic mass is 10.2. The first-order valence-corrected chi connectivity index (χ1v) is 6.30. The molecule has 4 heteroatoms. The normalized spacial score (nSPS) is 11.4. The molecule has 0 amide bonds. The van der Waals surface area contributed by atoms with Crippen LogP contribution in [0, 0.1) is 19.8 Å². The summed E-state index contributed by atoms with van der Waals surface area (Å²) in [7, 11) is 1.98. The van der Waals surface area contributed by atoms with Gasteiger partial charge in [-0.3, -0.25) is 4.68 Å². The van der Waals surface area contributed by atoms with Crippen LogP contribution in [-0.2, 0) is 18.3 Å². The minimum atomic E-state index is 0.609. The molecule has 0 saturated heterocycles. The number of rotatable bonds is 7. The van der Waals surface area contributed by atoms with E-state index in [0.717, 1.165) is 32.0 Å². The molecule has 0 aliphatic rings. The molecule has 1 N–H and O–H groups in total. The molecule has 98 valence electrons. The van der Waals surface area contributed by atoms with Gasteiger partial charge in [0.2, 0.25) is 0 Å². The average Bonchev–Trinajstić information content (AvgIpc) is 2.48. The van der Waals surface area contributed by atoms with Crippen LogP contribution in [0.15, 0.2) is 0 Å². The van der Waals surface area contributed by atoms with E-state index in [2.05, 4.69) is 38.1 Å². The van der Waals surface area contributed by atoms with Gasteiger partial charge in [0.05, 0.1) is 12.3 Å². The highest BCUT2D eigenvalue weighted by molar-refractivity contribution is 5.23. The molecule has 0 aromatic carbocycles. The topological polar surface area (TPSA) is 39.1 Å². The van der Waals surface area contributed by atoms with Crippen molar-refractivity contribution in [3.05, 3.63) is 17.0 Å². The summed E-state index contributed by atoms with van der Waals surface area (Å²) in [6, 6.07) is 0. The van der Waals surface area contributed by atoms with E-state index in [1.165, 1.54) is 11.3 Å². The summed E-state index contributed by atoms with van der Waals surface area (Å²) in [4.78, 5) is 0. The third-order valence-electron chi connectivity index (χ3n) is 2.84. The summed E-state index contributed by atoms with van der Waals surface area (Å²) in [5.74, 6) is 0.609. The number of nitrogens with one attached hydrogen (secondary N) is 1. The fraction of sp³-hybridized carbons (Fsp3) is 0.769. The maximum absolute atomic E-state index is 5.52. The van der Waals surface area contributed by atoms with Crippen LogP contribution in [-0.4, -0.2) is 29.5 Å². The lowest BCUT2D eigenvalue weighted by Crippen LogP contribution is -2.20. The van der Waals surface area contributed by atoms with E-state index in [4.69, 9.17) is 4.74 Å². The van der Waals surface area contributed by atoms with Crippen LogP contribution in [0.5, 0.6) is 0 Å². The molecule has 0 bridgehead atoms. The Bertz CT molecular complexity index is 345. The zero-order valence-electron chi connectivity index (χ0n) is 11.7. The van der Waals surface area contributed by atoms with Crippen molar-refractivity contribution in [3.8, 4) is 0 Å². The summed E-state index contributed by atoms with van der Waals surface area (Å²) in [5.41, 5.74) is 3.65. The van der Waals surface area contributed by atoms with Gasteiger partial charge in [0, 0.05) is 38.0 Å². The number of nitrogens with zero attached hydrogens (tertiary/aromatic N) is 2. The number of ether oxygens (including phenoxy) is 1. The van der Waals surface area contributed by atoms with Gasteiger partial charge in [-0.1, -0.05) is 13.8 Å². The standard InChI is InChI=1S/C13H25N3O/c1-10(2)9-17-7-6-14-8-13-11(3)15-16(5)12(13)4/h10,14H,6-9H2,1-5H3. The Hall–Kier alpha value is -0.870. The van der Waals surface area contributed by atoms with Gasteiger partial charge in [0.25, 0.3) is 0 Å². The highest BCUT2D eigenvalue weighted by atomic mass is 16.5. The number of aromatic nitrogens is 2. The van der Waals surface area contributed by atoms with Gasteiger partial charge in [-0.15, -0.1) is 0 Å². The molecular formula is C13H25N3O. The minimum absolute atomic E-state index is 0.609. The summed E-state index contributed by atoms with van der Waals surface area (Å²) in [6.07, 6.45) is 0. The third-order valence-corrected chi connectivity index (χ3v) is 2.84. The van der Waals surface area contributed by atoms with Crippen molar-refractivity contribution in [2.24, 2.45) is 13.0 Å². The Kier molecular flexibility index (Phi) is 5.65. The molecule has 0 radical (unpaired) electrons. The van der Waals surface area contributed by atoms with Crippen molar-refractivity contribution >= 4 is 0 Å². The molecule has 1 rings (SSSR count). The first kappa shape index (κ1) is 14.2. The van der Waals surface area contributed by atoms with Crippen molar-refractivity contribution in [1.29, 1.82) is 0 Å². The van der Waals surface area contributed by atoms with Crippen molar-refractivity contribution in [3.63, 3.8) is 0 Å². The lowest BCUT2D eigenvalue weighted by molar-refractivity contribution is 0.111. The Balaban J connectivity index is 2.22. The monoisotopic (exact) mass is 239 g/mol. The second-order valence-corrected chi connectivity index (χ2v) is 4.92. The van der Waals surface area contributed by atoms with Gasteiger partial charge in [-0.05, 0) is 19.8 Å². The quantitative estimate of drug-likeness (QED) is 0.737. The van der Waals surface area contributed by atoms with Gasteiger partial charge >= 0.3 is 0 Å². The molecule has 17 heavy (non-hydrogen) atoms. The van der Waals surface area contributed by atoms with Crippen LogP contribution in [0.25, 0.3) is 0 Å². The number of hydrogen-bond donors (Lipinski definition) is 1.